The van der Waals surface area contributed by atoms with Gasteiger partial charge < -0.3 is 14.6 Å². The molecule has 1 saturated heterocycles. The lowest BCUT2D eigenvalue weighted by Gasteiger charge is -2.44. The molecule has 5 nitrogen and oxygen atoms in total. The summed E-state index contributed by atoms with van der Waals surface area (Å²) in [6.07, 6.45) is 3.68. The van der Waals surface area contributed by atoms with Gasteiger partial charge in [0.1, 0.15) is 5.75 Å². The SMILES string of the molecule is Cn1cccc1CN1CCC2(CC1)NC(=O)c1ccccc1O2. The largest absolute Gasteiger partial charge is 0.467 e. The van der Waals surface area contributed by atoms with E-state index in [1.807, 2.05) is 24.3 Å². The van der Waals surface area contributed by atoms with E-state index in [1.54, 1.807) is 0 Å². The van der Waals surface area contributed by atoms with Crippen molar-refractivity contribution in [3.05, 3.63) is 53.9 Å². The second kappa shape index (κ2) is 5.42. The Morgan fingerprint density at radius 2 is 1.96 bits per heavy atom. The van der Waals surface area contributed by atoms with Gasteiger partial charge in [0, 0.05) is 51.4 Å². The molecule has 1 fully saturated rings. The summed E-state index contributed by atoms with van der Waals surface area (Å²) in [5.41, 5.74) is 1.39. The predicted octanol–water partition coefficient (Wildman–Crippen LogP) is 2.14. The summed E-state index contributed by atoms with van der Waals surface area (Å²) in [6.45, 7) is 2.76. The van der Waals surface area contributed by atoms with E-state index in [1.165, 1.54) is 5.69 Å². The summed E-state index contributed by atoms with van der Waals surface area (Å²) in [5, 5.41) is 3.09. The number of carbonyl (C=O) groups excluding carboxylic acids is 1. The van der Waals surface area contributed by atoms with Crippen LogP contribution in [0.15, 0.2) is 42.6 Å². The number of nitrogens with one attached hydrogen (secondary N) is 1. The zero-order chi connectivity index (χ0) is 15.9. The van der Waals surface area contributed by atoms with E-state index in [2.05, 4.69) is 40.2 Å². The van der Waals surface area contributed by atoms with Crippen molar-refractivity contribution in [3.8, 4) is 5.75 Å². The van der Waals surface area contributed by atoms with Crippen molar-refractivity contribution in [1.82, 2.24) is 14.8 Å². The molecule has 120 valence electrons. The van der Waals surface area contributed by atoms with Crippen molar-refractivity contribution in [1.29, 1.82) is 0 Å². The molecular weight excluding hydrogens is 290 g/mol. The molecule has 23 heavy (non-hydrogen) atoms. The van der Waals surface area contributed by atoms with Gasteiger partial charge in [0.15, 0.2) is 5.72 Å². The highest BCUT2D eigenvalue weighted by Crippen LogP contribution is 2.33. The van der Waals surface area contributed by atoms with Crippen LogP contribution in [-0.2, 0) is 13.6 Å². The Balaban J connectivity index is 1.45. The average Bonchev–Trinajstić information content (AvgIpc) is 2.95. The number of hydrogen-bond acceptors (Lipinski definition) is 3. The van der Waals surface area contributed by atoms with Crippen LogP contribution in [-0.4, -0.2) is 34.2 Å². The summed E-state index contributed by atoms with van der Waals surface area (Å²) < 4.78 is 8.33. The van der Waals surface area contributed by atoms with Crippen LogP contribution in [0.25, 0.3) is 0 Å². The van der Waals surface area contributed by atoms with Gasteiger partial charge in [0.25, 0.3) is 5.91 Å². The van der Waals surface area contributed by atoms with Crippen molar-refractivity contribution in [2.45, 2.75) is 25.1 Å². The molecule has 1 amide bonds. The molecule has 1 N–H and O–H groups in total. The highest BCUT2D eigenvalue weighted by atomic mass is 16.5. The van der Waals surface area contributed by atoms with Crippen LogP contribution in [0.5, 0.6) is 5.75 Å². The van der Waals surface area contributed by atoms with Crippen LogP contribution in [0.1, 0.15) is 28.9 Å². The minimum absolute atomic E-state index is 0.0252. The number of fused-ring (bicyclic) bond motifs is 1. The quantitative estimate of drug-likeness (QED) is 0.924. The van der Waals surface area contributed by atoms with Crippen LogP contribution < -0.4 is 10.1 Å². The molecule has 5 heteroatoms. The van der Waals surface area contributed by atoms with Crippen molar-refractivity contribution in [3.63, 3.8) is 0 Å². The molecule has 4 rings (SSSR count). The number of nitrogens with zero attached hydrogens (tertiary/aromatic N) is 2. The Morgan fingerprint density at radius 3 is 2.70 bits per heavy atom. The number of carbonyl (C=O) groups is 1. The Kier molecular flexibility index (Phi) is 3.38. The van der Waals surface area contributed by atoms with Gasteiger partial charge in [0.05, 0.1) is 5.56 Å². The number of para-hydroxylation sites is 1. The monoisotopic (exact) mass is 311 g/mol. The molecule has 2 aromatic rings. The van der Waals surface area contributed by atoms with Gasteiger partial charge >= 0.3 is 0 Å². The summed E-state index contributed by atoms with van der Waals surface area (Å²) in [4.78, 5) is 14.7. The van der Waals surface area contributed by atoms with Crippen LogP contribution in [0.4, 0.5) is 0 Å². The number of aryl methyl sites for hydroxylation is 1. The molecule has 0 saturated carbocycles. The maximum absolute atomic E-state index is 12.3. The van der Waals surface area contributed by atoms with Gasteiger partial charge in [-0.25, -0.2) is 0 Å². The van der Waals surface area contributed by atoms with E-state index in [0.29, 0.717) is 11.3 Å². The molecule has 2 aliphatic heterocycles. The molecule has 0 bridgehead atoms. The minimum Gasteiger partial charge on any atom is -0.467 e. The molecule has 0 radical (unpaired) electrons. The number of hydrogen-bond donors (Lipinski definition) is 1. The molecule has 0 unspecified atom stereocenters. The number of rotatable bonds is 2. The van der Waals surface area contributed by atoms with Gasteiger partial charge in [-0.05, 0) is 24.3 Å². The van der Waals surface area contributed by atoms with E-state index in [-0.39, 0.29) is 5.91 Å². The Bertz CT molecular complexity index is 729. The maximum Gasteiger partial charge on any atom is 0.258 e. The van der Waals surface area contributed by atoms with Crippen molar-refractivity contribution in [2.24, 2.45) is 7.05 Å². The summed E-state index contributed by atoms with van der Waals surface area (Å²) in [6, 6.07) is 11.7. The molecule has 1 aromatic heterocycles. The standard InChI is InChI=1S/C18H21N3O2/c1-20-10-4-5-14(20)13-21-11-8-18(9-12-21)19-17(22)15-6-2-3-7-16(15)23-18/h2-7,10H,8-9,11-13H2,1H3,(H,19,22). The van der Waals surface area contributed by atoms with Crippen LogP contribution in [0.3, 0.4) is 0 Å². The topological polar surface area (TPSA) is 46.5 Å². The Hall–Kier alpha value is -2.27. The number of aromatic nitrogens is 1. The van der Waals surface area contributed by atoms with Crippen molar-refractivity contribution < 1.29 is 9.53 Å². The fraction of sp³-hybridized carbons (Fsp3) is 0.389. The first kappa shape index (κ1) is 14.3. The van der Waals surface area contributed by atoms with E-state index < -0.39 is 5.72 Å². The molecule has 0 aliphatic carbocycles. The Morgan fingerprint density at radius 1 is 1.17 bits per heavy atom. The lowest BCUT2D eigenvalue weighted by Crippen LogP contribution is -2.60. The van der Waals surface area contributed by atoms with Crippen LogP contribution in [0.2, 0.25) is 0 Å². The molecular formula is C18H21N3O2. The summed E-state index contributed by atoms with van der Waals surface area (Å²) >= 11 is 0. The second-order valence-corrected chi connectivity index (χ2v) is 6.43. The third-order valence-electron chi connectivity index (χ3n) is 4.88. The first-order valence-electron chi connectivity index (χ1n) is 8.08. The highest BCUT2D eigenvalue weighted by Gasteiger charge is 2.42. The van der Waals surface area contributed by atoms with E-state index >= 15 is 0 Å². The zero-order valence-electron chi connectivity index (χ0n) is 13.3. The van der Waals surface area contributed by atoms with Gasteiger partial charge in [0.2, 0.25) is 0 Å². The van der Waals surface area contributed by atoms with Crippen molar-refractivity contribution in [2.75, 3.05) is 13.1 Å². The van der Waals surface area contributed by atoms with Crippen LogP contribution in [0, 0.1) is 0 Å². The zero-order valence-corrected chi connectivity index (χ0v) is 13.3. The van der Waals surface area contributed by atoms with Gasteiger partial charge in [-0.15, -0.1) is 0 Å². The fourth-order valence-electron chi connectivity index (χ4n) is 3.44. The molecule has 2 aliphatic rings. The van der Waals surface area contributed by atoms with E-state index in [0.717, 1.165) is 32.5 Å². The Labute approximate surface area is 135 Å². The number of benzene rings is 1. The number of piperidine rings is 1. The van der Waals surface area contributed by atoms with E-state index in [9.17, 15) is 4.79 Å². The fourth-order valence-corrected chi connectivity index (χ4v) is 3.44. The van der Waals surface area contributed by atoms with Gasteiger partial charge in [-0.2, -0.15) is 0 Å². The third kappa shape index (κ3) is 2.61. The van der Waals surface area contributed by atoms with Crippen LogP contribution >= 0.6 is 0 Å². The number of ether oxygens (including phenoxy) is 1. The van der Waals surface area contributed by atoms with Gasteiger partial charge in [-0.3, -0.25) is 9.69 Å². The summed E-state index contributed by atoms with van der Waals surface area (Å²) in [7, 11) is 2.07. The van der Waals surface area contributed by atoms with Gasteiger partial charge in [-0.1, -0.05) is 12.1 Å². The first-order chi connectivity index (χ1) is 11.2. The lowest BCUT2D eigenvalue weighted by atomic mass is 9.97. The molecule has 1 aromatic carbocycles. The smallest absolute Gasteiger partial charge is 0.258 e. The highest BCUT2D eigenvalue weighted by molar-refractivity contribution is 5.98. The van der Waals surface area contributed by atoms with Crippen molar-refractivity contribution >= 4 is 5.91 Å². The number of amides is 1. The maximum atomic E-state index is 12.3. The average molecular weight is 311 g/mol. The second-order valence-electron chi connectivity index (χ2n) is 6.43. The third-order valence-corrected chi connectivity index (χ3v) is 4.88. The molecule has 0 atom stereocenters. The normalized spacial score (nSPS) is 20.0. The van der Waals surface area contributed by atoms with E-state index in [4.69, 9.17) is 4.74 Å². The minimum atomic E-state index is -0.545. The molecule has 1 spiro atoms. The lowest BCUT2D eigenvalue weighted by molar-refractivity contribution is -0.0307. The summed E-state index contributed by atoms with van der Waals surface area (Å²) in [5.74, 6) is 0.676. The molecule has 3 heterocycles. The number of likely N-dealkylation sites (tertiary alicyclic amines) is 1. The predicted molar refractivity (Wildman–Crippen MR) is 87.2 cm³/mol. The first-order valence-corrected chi connectivity index (χ1v) is 8.08.